The molecule has 1 aromatic heterocycles. The van der Waals surface area contributed by atoms with E-state index in [0.29, 0.717) is 50.9 Å². The average molecular weight is 457 g/mol. The van der Waals surface area contributed by atoms with Crippen molar-refractivity contribution in [3.8, 4) is 0 Å². The van der Waals surface area contributed by atoms with Crippen LogP contribution in [0.1, 0.15) is 30.5 Å². The van der Waals surface area contributed by atoms with Gasteiger partial charge < -0.3 is 29.3 Å². The number of rotatable bonds is 8. The maximum Gasteiger partial charge on any atom is 0.308 e. The zero-order chi connectivity index (χ0) is 23.0. The summed E-state index contributed by atoms with van der Waals surface area (Å²) in [5.74, 6) is 1.38. The van der Waals surface area contributed by atoms with Crippen LogP contribution in [0.4, 0.5) is 17.8 Å². The van der Waals surface area contributed by atoms with Gasteiger partial charge in [-0.3, -0.25) is 4.79 Å². The Bertz CT molecular complexity index is 877. The first-order valence-corrected chi connectivity index (χ1v) is 11.5. The number of benzene rings is 1. The van der Waals surface area contributed by atoms with Crippen LogP contribution in [-0.2, 0) is 19.0 Å². The fourth-order valence-corrected chi connectivity index (χ4v) is 3.82. The summed E-state index contributed by atoms with van der Waals surface area (Å²) in [4.78, 5) is 30.7. The highest BCUT2D eigenvalue weighted by molar-refractivity contribution is 5.71. The van der Waals surface area contributed by atoms with Crippen LogP contribution in [0.15, 0.2) is 24.3 Å². The predicted octanol–water partition coefficient (Wildman–Crippen LogP) is 1.96. The maximum absolute atomic E-state index is 12.4. The fraction of sp³-hybridized carbons (Fsp3) is 0.565. The number of carbonyl (C=O) groups excluding carboxylic acids is 1. The standard InChI is InChI=1S/C23H32N6O4/c1-3-33-20(30)16-19(18-6-4-17(2)5-7-18)24-21-25-22(28-8-12-31-13-9-28)27-23(26-21)29-10-14-32-15-11-29/h4-7,19H,3,8-16H2,1-2H3,(H,24,25,26,27)/t19-/m1/s1. The van der Waals surface area contributed by atoms with Gasteiger partial charge in [-0.05, 0) is 19.4 Å². The SMILES string of the molecule is CCOC(=O)C[C@@H](Nc1nc(N2CCOCC2)nc(N2CCOCC2)n1)c1ccc(C)cc1. The molecule has 0 radical (unpaired) electrons. The largest absolute Gasteiger partial charge is 0.466 e. The summed E-state index contributed by atoms with van der Waals surface area (Å²) in [6.45, 7) is 9.60. The first-order chi connectivity index (χ1) is 16.1. The molecule has 0 amide bonds. The van der Waals surface area contributed by atoms with Crippen molar-refractivity contribution in [2.75, 3.05) is 74.3 Å². The molecule has 4 rings (SSSR count). The van der Waals surface area contributed by atoms with Gasteiger partial charge in [-0.15, -0.1) is 0 Å². The number of hydrogen-bond acceptors (Lipinski definition) is 10. The summed E-state index contributed by atoms with van der Waals surface area (Å²) in [7, 11) is 0. The Balaban J connectivity index is 1.64. The van der Waals surface area contributed by atoms with Crippen molar-refractivity contribution in [2.24, 2.45) is 0 Å². The Morgan fingerprint density at radius 2 is 1.52 bits per heavy atom. The van der Waals surface area contributed by atoms with Gasteiger partial charge in [0, 0.05) is 26.2 Å². The van der Waals surface area contributed by atoms with Gasteiger partial charge in [0.15, 0.2) is 0 Å². The van der Waals surface area contributed by atoms with Gasteiger partial charge in [0.25, 0.3) is 0 Å². The van der Waals surface area contributed by atoms with Crippen molar-refractivity contribution in [1.82, 2.24) is 15.0 Å². The highest BCUT2D eigenvalue weighted by atomic mass is 16.5. The predicted molar refractivity (Wildman–Crippen MR) is 125 cm³/mol. The highest BCUT2D eigenvalue weighted by Gasteiger charge is 2.23. The molecule has 1 aromatic carbocycles. The van der Waals surface area contributed by atoms with Crippen LogP contribution in [0, 0.1) is 6.92 Å². The van der Waals surface area contributed by atoms with Crippen molar-refractivity contribution in [3.05, 3.63) is 35.4 Å². The van der Waals surface area contributed by atoms with E-state index in [-0.39, 0.29) is 18.4 Å². The number of aryl methyl sites for hydroxylation is 1. The Morgan fingerprint density at radius 1 is 0.970 bits per heavy atom. The van der Waals surface area contributed by atoms with E-state index < -0.39 is 0 Å². The molecule has 0 aliphatic carbocycles. The van der Waals surface area contributed by atoms with Gasteiger partial charge in [0.2, 0.25) is 17.8 Å². The Hall–Kier alpha value is -2.98. The van der Waals surface area contributed by atoms with Crippen molar-refractivity contribution in [2.45, 2.75) is 26.3 Å². The summed E-state index contributed by atoms with van der Waals surface area (Å²) in [6.07, 6.45) is 0.169. The van der Waals surface area contributed by atoms with Crippen LogP contribution >= 0.6 is 0 Å². The second kappa shape index (κ2) is 11.2. The zero-order valence-corrected chi connectivity index (χ0v) is 19.3. The Morgan fingerprint density at radius 3 is 2.03 bits per heavy atom. The van der Waals surface area contributed by atoms with Gasteiger partial charge in [0.05, 0.1) is 45.5 Å². The first kappa shape index (κ1) is 23.2. The molecule has 0 spiro atoms. The molecule has 10 nitrogen and oxygen atoms in total. The minimum atomic E-state index is -0.331. The minimum Gasteiger partial charge on any atom is -0.466 e. The molecule has 33 heavy (non-hydrogen) atoms. The van der Waals surface area contributed by atoms with Crippen LogP contribution < -0.4 is 15.1 Å². The Labute approximate surface area is 194 Å². The summed E-state index contributed by atoms with van der Waals surface area (Å²) >= 11 is 0. The van der Waals surface area contributed by atoms with E-state index in [4.69, 9.17) is 29.2 Å². The van der Waals surface area contributed by atoms with Crippen molar-refractivity contribution < 1.29 is 19.0 Å². The van der Waals surface area contributed by atoms with Crippen LogP contribution in [0.2, 0.25) is 0 Å². The van der Waals surface area contributed by atoms with Gasteiger partial charge in [-0.2, -0.15) is 15.0 Å². The number of anilines is 3. The second-order valence-corrected chi connectivity index (χ2v) is 8.07. The highest BCUT2D eigenvalue weighted by Crippen LogP contribution is 2.25. The topological polar surface area (TPSA) is 102 Å². The number of morpholine rings is 2. The molecule has 2 aliphatic rings. The number of esters is 1. The number of hydrogen-bond donors (Lipinski definition) is 1. The fourth-order valence-electron chi connectivity index (χ4n) is 3.82. The quantitative estimate of drug-likeness (QED) is 0.593. The molecule has 2 aliphatic heterocycles. The second-order valence-electron chi connectivity index (χ2n) is 8.07. The van der Waals surface area contributed by atoms with Crippen LogP contribution in [-0.4, -0.2) is 80.1 Å². The smallest absolute Gasteiger partial charge is 0.308 e. The van der Waals surface area contributed by atoms with Crippen molar-refractivity contribution in [1.29, 1.82) is 0 Å². The van der Waals surface area contributed by atoms with E-state index in [0.717, 1.165) is 37.3 Å². The van der Waals surface area contributed by atoms with Gasteiger partial charge in [-0.1, -0.05) is 29.8 Å². The lowest BCUT2D eigenvalue weighted by Gasteiger charge is -2.30. The molecular weight excluding hydrogens is 424 g/mol. The number of nitrogens with zero attached hydrogens (tertiary/aromatic N) is 5. The van der Waals surface area contributed by atoms with E-state index in [2.05, 4.69) is 15.1 Å². The molecule has 10 heteroatoms. The van der Waals surface area contributed by atoms with E-state index in [1.165, 1.54) is 0 Å². The lowest BCUT2D eigenvalue weighted by molar-refractivity contribution is -0.143. The average Bonchev–Trinajstić information content (AvgIpc) is 2.85. The summed E-state index contributed by atoms with van der Waals surface area (Å²) in [5, 5.41) is 3.38. The number of ether oxygens (including phenoxy) is 3. The van der Waals surface area contributed by atoms with E-state index in [1.54, 1.807) is 6.92 Å². The molecule has 0 unspecified atom stereocenters. The van der Waals surface area contributed by atoms with Crippen LogP contribution in [0.25, 0.3) is 0 Å². The van der Waals surface area contributed by atoms with Gasteiger partial charge in [0.1, 0.15) is 0 Å². The molecule has 0 bridgehead atoms. The van der Waals surface area contributed by atoms with E-state index in [9.17, 15) is 4.79 Å². The molecule has 2 fully saturated rings. The molecule has 2 aromatic rings. The number of carbonyl (C=O) groups is 1. The van der Waals surface area contributed by atoms with Gasteiger partial charge in [-0.25, -0.2) is 0 Å². The third-order valence-electron chi connectivity index (χ3n) is 5.66. The summed E-state index contributed by atoms with van der Waals surface area (Å²) < 4.78 is 16.2. The zero-order valence-electron chi connectivity index (χ0n) is 19.3. The molecule has 2 saturated heterocycles. The van der Waals surface area contributed by atoms with Gasteiger partial charge >= 0.3 is 5.97 Å². The normalized spacial score (nSPS) is 17.5. The maximum atomic E-state index is 12.4. The first-order valence-electron chi connectivity index (χ1n) is 11.5. The van der Waals surface area contributed by atoms with E-state index >= 15 is 0 Å². The lowest BCUT2D eigenvalue weighted by Crippen LogP contribution is -2.40. The molecule has 0 saturated carbocycles. The Kier molecular flexibility index (Phi) is 7.90. The van der Waals surface area contributed by atoms with Crippen LogP contribution in [0.5, 0.6) is 0 Å². The lowest BCUT2D eigenvalue weighted by atomic mass is 10.0. The third kappa shape index (κ3) is 6.29. The summed E-state index contributed by atoms with van der Waals surface area (Å²) in [6, 6.07) is 7.75. The molecule has 1 N–H and O–H groups in total. The third-order valence-corrected chi connectivity index (χ3v) is 5.66. The van der Waals surface area contributed by atoms with Crippen molar-refractivity contribution in [3.63, 3.8) is 0 Å². The monoisotopic (exact) mass is 456 g/mol. The molecule has 3 heterocycles. The molecular formula is C23H32N6O4. The molecule has 1 atom stereocenters. The van der Waals surface area contributed by atoms with Crippen molar-refractivity contribution >= 4 is 23.8 Å². The number of aromatic nitrogens is 3. The summed E-state index contributed by atoms with van der Waals surface area (Å²) in [5.41, 5.74) is 2.12. The number of nitrogens with one attached hydrogen (secondary N) is 1. The van der Waals surface area contributed by atoms with E-state index in [1.807, 2.05) is 31.2 Å². The molecule has 178 valence electrons. The van der Waals surface area contributed by atoms with Crippen LogP contribution in [0.3, 0.4) is 0 Å². The minimum absolute atomic E-state index is 0.169.